The van der Waals surface area contributed by atoms with Crippen LogP contribution in [0.25, 0.3) is 0 Å². The first-order valence-corrected chi connectivity index (χ1v) is 9.16. The number of carbonyl (C=O) groups is 1. The van der Waals surface area contributed by atoms with Crippen LogP contribution < -0.4 is 15.8 Å². The predicted octanol–water partition coefficient (Wildman–Crippen LogP) is 4.19. The molecule has 0 saturated carbocycles. The van der Waals surface area contributed by atoms with Crippen molar-refractivity contribution in [3.63, 3.8) is 0 Å². The van der Waals surface area contributed by atoms with E-state index in [0.717, 1.165) is 23.4 Å². The summed E-state index contributed by atoms with van der Waals surface area (Å²) in [6, 6.07) is 16.1. The summed E-state index contributed by atoms with van der Waals surface area (Å²) in [6.07, 6.45) is -2.46. The number of benzene rings is 2. The van der Waals surface area contributed by atoms with Crippen LogP contribution in [-0.2, 0) is 24.0 Å². The fourth-order valence-electron chi connectivity index (χ4n) is 2.69. The average Bonchev–Trinajstić information content (AvgIpc) is 2.73. The van der Waals surface area contributed by atoms with Crippen LogP contribution in [-0.4, -0.2) is 16.9 Å². The lowest BCUT2D eigenvalue weighted by Gasteiger charge is -2.14. The number of ether oxygens (including phenoxy) is 1. The first-order chi connectivity index (χ1) is 14.3. The zero-order valence-electron chi connectivity index (χ0n) is 15.9. The molecule has 0 spiro atoms. The Hall–Kier alpha value is -3.39. The Morgan fingerprint density at radius 3 is 2.33 bits per heavy atom. The van der Waals surface area contributed by atoms with Crippen molar-refractivity contribution in [1.29, 1.82) is 0 Å². The molecule has 1 heterocycles. The minimum Gasteiger partial charge on any atom is -0.487 e. The highest BCUT2D eigenvalue weighted by molar-refractivity contribution is 5.94. The van der Waals surface area contributed by atoms with Crippen LogP contribution >= 0.6 is 0 Å². The molecule has 0 saturated heterocycles. The average molecular weight is 415 g/mol. The van der Waals surface area contributed by atoms with E-state index in [1.54, 1.807) is 30.5 Å². The van der Waals surface area contributed by atoms with Gasteiger partial charge in [-0.25, -0.2) is 0 Å². The van der Waals surface area contributed by atoms with E-state index in [1.807, 2.05) is 18.2 Å². The number of hydrogen-bond acceptors (Lipinski definition) is 4. The molecule has 0 aliphatic heterocycles. The number of nitrogens with one attached hydrogen (secondary N) is 1. The molecule has 0 aliphatic rings. The maximum atomic E-state index is 12.6. The van der Waals surface area contributed by atoms with Gasteiger partial charge in [0.2, 0.25) is 5.91 Å². The maximum Gasteiger partial charge on any atom is 0.416 e. The van der Waals surface area contributed by atoms with Crippen molar-refractivity contribution in [2.75, 3.05) is 5.32 Å². The Labute approximate surface area is 171 Å². The van der Waals surface area contributed by atoms with Crippen molar-refractivity contribution in [3.05, 3.63) is 89.7 Å². The highest BCUT2D eigenvalue weighted by atomic mass is 19.4. The molecule has 3 rings (SSSR count). The molecule has 3 N–H and O–H groups in total. The van der Waals surface area contributed by atoms with Gasteiger partial charge in [0, 0.05) is 11.9 Å². The van der Waals surface area contributed by atoms with E-state index in [1.165, 1.54) is 12.1 Å². The number of rotatable bonds is 7. The number of anilines is 1. The van der Waals surface area contributed by atoms with Crippen LogP contribution in [0.4, 0.5) is 18.9 Å². The molecule has 1 amide bonds. The van der Waals surface area contributed by atoms with Crippen LogP contribution in [0.5, 0.6) is 5.75 Å². The van der Waals surface area contributed by atoms with Crippen LogP contribution in [0, 0.1) is 0 Å². The molecule has 0 radical (unpaired) electrons. The van der Waals surface area contributed by atoms with Gasteiger partial charge in [0.05, 0.1) is 17.3 Å². The number of carbonyl (C=O) groups excluding carboxylic acids is 1. The fourth-order valence-corrected chi connectivity index (χ4v) is 2.69. The Morgan fingerprint density at radius 2 is 1.73 bits per heavy atom. The number of alkyl halides is 3. The van der Waals surface area contributed by atoms with E-state index >= 15 is 0 Å². The van der Waals surface area contributed by atoms with Crippen molar-refractivity contribution in [3.8, 4) is 5.75 Å². The second kappa shape index (κ2) is 9.41. The van der Waals surface area contributed by atoms with Gasteiger partial charge in [-0.3, -0.25) is 9.78 Å². The van der Waals surface area contributed by atoms with Gasteiger partial charge in [-0.2, -0.15) is 13.2 Å². The lowest BCUT2D eigenvalue weighted by atomic mass is 10.1. The van der Waals surface area contributed by atoms with Crippen molar-refractivity contribution in [2.45, 2.75) is 25.2 Å². The zero-order valence-corrected chi connectivity index (χ0v) is 15.9. The minimum absolute atomic E-state index is 0.252. The molecular weight excluding hydrogens is 395 g/mol. The lowest BCUT2D eigenvalue weighted by Crippen LogP contribution is -2.37. The zero-order chi connectivity index (χ0) is 21.6. The van der Waals surface area contributed by atoms with Crippen molar-refractivity contribution in [2.24, 2.45) is 5.73 Å². The van der Waals surface area contributed by atoms with Crippen LogP contribution in [0.1, 0.15) is 16.8 Å². The second-order valence-corrected chi connectivity index (χ2v) is 6.63. The number of nitrogens with zero attached hydrogens (tertiary/aromatic N) is 1. The molecule has 3 aromatic rings. The number of pyridine rings is 1. The maximum absolute atomic E-state index is 12.6. The Bertz CT molecular complexity index is 960. The van der Waals surface area contributed by atoms with Gasteiger partial charge in [0.15, 0.2) is 0 Å². The molecule has 1 atom stereocenters. The molecule has 0 aliphatic carbocycles. The molecule has 0 unspecified atom stereocenters. The number of hydrogen-bond donors (Lipinski definition) is 2. The minimum atomic E-state index is -4.42. The van der Waals surface area contributed by atoms with E-state index in [4.69, 9.17) is 10.5 Å². The quantitative estimate of drug-likeness (QED) is 0.607. The lowest BCUT2D eigenvalue weighted by molar-refractivity contribution is -0.137. The third-order valence-electron chi connectivity index (χ3n) is 4.31. The Balaban J connectivity index is 1.51. The van der Waals surface area contributed by atoms with Crippen LogP contribution in [0.3, 0.4) is 0 Å². The van der Waals surface area contributed by atoms with Gasteiger partial charge in [-0.1, -0.05) is 18.2 Å². The van der Waals surface area contributed by atoms with Gasteiger partial charge in [0.25, 0.3) is 0 Å². The Kier molecular flexibility index (Phi) is 6.68. The van der Waals surface area contributed by atoms with Crippen molar-refractivity contribution < 1.29 is 22.7 Å². The Morgan fingerprint density at radius 1 is 1.03 bits per heavy atom. The van der Waals surface area contributed by atoms with Gasteiger partial charge >= 0.3 is 6.18 Å². The summed E-state index contributed by atoms with van der Waals surface area (Å²) >= 11 is 0. The van der Waals surface area contributed by atoms with Gasteiger partial charge < -0.3 is 15.8 Å². The smallest absolute Gasteiger partial charge is 0.416 e. The summed E-state index contributed by atoms with van der Waals surface area (Å²) in [5, 5.41) is 2.53. The fraction of sp³-hybridized carbons (Fsp3) is 0.182. The molecule has 30 heavy (non-hydrogen) atoms. The van der Waals surface area contributed by atoms with E-state index in [2.05, 4.69) is 10.3 Å². The molecule has 156 valence electrons. The van der Waals surface area contributed by atoms with Crippen LogP contribution in [0.2, 0.25) is 0 Å². The van der Waals surface area contributed by atoms with E-state index in [0.29, 0.717) is 12.4 Å². The van der Waals surface area contributed by atoms with Gasteiger partial charge in [-0.05, 0) is 60.5 Å². The summed E-state index contributed by atoms with van der Waals surface area (Å²) in [5.74, 6) is 0.178. The van der Waals surface area contributed by atoms with Crippen molar-refractivity contribution >= 4 is 11.6 Å². The number of amides is 1. The third kappa shape index (κ3) is 6.05. The summed E-state index contributed by atoms with van der Waals surface area (Å²) in [7, 11) is 0. The molecule has 2 aromatic carbocycles. The predicted molar refractivity (Wildman–Crippen MR) is 107 cm³/mol. The van der Waals surface area contributed by atoms with E-state index in [9.17, 15) is 18.0 Å². The summed E-state index contributed by atoms with van der Waals surface area (Å²) in [6.45, 7) is 0.342. The van der Waals surface area contributed by atoms with E-state index < -0.39 is 23.7 Å². The van der Waals surface area contributed by atoms with Gasteiger partial charge in [0.1, 0.15) is 12.4 Å². The SMILES string of the molecule is N[C@@H](Cc1ccc(OCc2ccccn2)cc1)C(=O)Nc1ccc(C(F)(F)F)cc1. The normalized spacial score (nSPS) is 12.3. The first kappa shape index (κ1) is 21.3. The van der Waals surface area contributed by atoms with Crippen LogP contribution in [0.15, 0.2) is 72.9 Å². The summed E-state index contributed by atoms with van der Waals surface area (Å²) in [4.78, 5) is 16.4. The molecule has 0 fully saturated rings. The molecule has 1 aromatic heterocycles. The third-order valence-corrected chi connectivity index (χ3v) is 4.31. The standard InChI is InChI=1S/C22H20F3N3O2/c23-22(24,25)16-6-8-17(9-7-16)28-21(29)20(26)13-15-4-10-19(11-5-15)30-14-18-3-1-2-12-27-18/h1-12,20H,13-14,26H2,(H,28,29)/t20-/m0/s1. The molecular formula is C22H20F3N3O2. The van der Waals surface area contributed by atoms with Crippen molar-refractivity contribution in [1.82, 2.24) is 4.98 Å². The van der Waals surface area contributed by atoms with E-state index in [-0.39, 0.29) is 12.1 Å². The largest absolute Gasteiger partial charge is 0.487 e. The highest BCUT2D eigenvalue weighted by Gasteiger charge is 2.30. The summed E-state index contributed by atoms with van der Waals surface area (Å²) in [5.41, 5.74) is 7.04. The number of aromatic nitrogens is 1. The molecule has 0 bridgehead atoms. The first-order valence-electron chi connectivity index (χ1n) is 9.16. The molecule has 5 nitrogen and oxygen atoms in total. The number of halogens is 3. The number of nitrogens with two attached hydrogens (primary N) is 1. The monoisotopic (exact) mass is 415 g/mol. The molecule has 8 heteroatoms. The second-order valence-electron chi connectivity index (χ2n) is 6.63. The highest BCUT2D eigenvalue weighted by Crippen LogP contribution is 2.29. The summed E-state index contributed by atoms with van der Waals surface area (Å²) < 4.78 is 43.4. The topological polar surface area (TPSA) is 77.2 Å². The van der Waals surface area contributed by atoms with Gasteiger partial charge in [-0.15, -0.1) is 0 Å².